The monoisotopic (exact) mass is 386 g/mol. The Kier molecular flexibility index (Phi) is 5.86. The molecule has 0 aliphatic rings. The number of hydrogen-bond acceptors (Lipinski definition) is 3. The number of rotatable bonds is 5. The second-order valence-electron chi connectivity index (χ2n) is 5.31. The molecule has 0 amide bonds. The fraction of sp³-hybridized carbons (Fsp3) is 0.375. The molecule has 0 aliphatic heterocycles. The van der Waals surface area contributed by atoms with Gasteiger partial charge in [-0.05, 0) is 60.6 Å². The van der Waals surface area contributed by atoms with E-state index in [1.807, 2.05) is 25.1 Å². The molecule has 114 valence electrons. The molecule has 5 heteroatoms. The first-order valence-corrected chi connectivity index (χ1v) is 8.87. The number of hydrogen-bond donors (Lipinski definition) is 1. The van der Waals surface area contributed by atoms with Crippen LogP contribution in [0.2, 0.25) is 5.02 Å². The van der Waals surface area contributed by atoms with E-state index in [4.69, 9.17) is 17.3 Å². The van der Waals surface area contributed by atoms with E-state index in [2.05, 4.69) is 53.0 Å². The lowest BCUT2D eigenvalue weighted by Crippen LogP contribution is -2.38. The van der Waals surface area contributed by atoms with Gasteiger partial charge in [0.1, 0.15) is 0 Å². The van der Waals surface area contributed by atoms with Gasteiger partial charge < -0.3 is 5.73 Å². The van der Waals surface area contributed by atoms with Crippen molar-refractivity contribution in [3.05, 3.63) is 55.6 Å². The van der Waals surface area contributed by atoms with E-state index in [0.717, 1.165) is 14.4 Å². The van der Waals surface area contributed by atoms with E-state index in [1.54, 1.807) is 11.3 Å². The molecule has 0 radical (unpaired) electrons. The maximum atomic E-state index is 6.33. The van der Waals surface area contributed by atoms with Crippen molar-refractivity contribution in [3.8, 4) is 0 Å². The van der Waals surface area contributed by atoms with Gasteiger partial charge in [-0.2, -0.15) is 0 Å². The Morgan fingerprint density at radius 1 is 1.19 bits per heavy atom. The average Bonchev–Trinajstić information content (AvgIpc) is 2.84. The van der Waals surface area contributed by atoms with Gasteiger partial charge in [-0.25, -0.2) is 0 Å². The number of likely N-dealkylation sites (N-methyl/N-ethyl adjacent to an activating group) is 1. The van der Waals surface area contributed by atoms with Crippen molar-refractivity contribution in [2.75, 3.05) is 7.05 Å². The van der Waals surface area contributed by atoms with Crippen molar-refractivity contribution in [2.24, 2.45) is 5.73 Å². The maximum absolute atomic E-state index is 6.33. The van der Waals surface area contributed by atoms with Crippen LogP contribution < -0.4 is 5.73 Å². The van der Waals surface area contributed by atoms with E-state index in [0.29, 0.717) is 0 Å². The molecule has 2 rings (SSSR count). The summed E-state index contributed by atoms with van der Waals surface area (Å²) in [7, 11) is 2.11. The molecule has 2 N–H and O–H groups in total. The van der Waals surface area contributed by atoms with Crippen molar-refractivity contribution in [1.29, 1.82) is 0 Å². The molecule has 21 heavy (non-hydrogen) atoms. The van der Waals surface area contributed by atoms with Gasteiger partial charge in [0.2, 0.25) is 0 Å². The summed E-state index contributed by atoms with van der Waals surface area (Å²) in [5, 5.41) is 0.799. The fourth-order valence-electron chi connectivity index (χ4n) is 2.59. The highest BCUT2D eigenvalue weighted by Gasteiger charge is 2.27. The Morgan fingerprint density at radius 2 is 1.86 bits per heavy atom. The highest BCUT2D eigenvalue weighted by Crippen LogP contribution is 2.37. The molecule has 1 aromatic carbocycles. The third kappa shape index (κ3) is 3.88. The summed E-state index contributed by atoms with van der Waals surface area (Å²) in [5.74, 6) is 0. The first-order chi connectivity index (χ1) is 9.91. The molecule has 0 saturated heterocycles. The van der Waals surface area contributed by atoms with Gasteiger partial charge in [-0.3, -0.25) is 4.90 Å². The Bertz CT molecular complexity index is 599. The summed E-state index contributed by atoms with van der Waals surface area (Å²) in [6, 6.07) is 12.6. The lowest BCUT2D eigenvalue weighted by molar-refractivity contribution is 0.168. The van der Waals surface area contributed by atoms with Gasteiger partial charge in [0.15, 0.2) is 0 Å². The van der Waals surface area contributed by atoms with Gasteiger partial charge in [0, 0.05) is 22.0 Å². The Balaban J connectivity index is 2.31. The second kappa shape index (κ2) is 7.25. The van der Waals surface area contributed by atoms with Crippen LogP contribution in [0.4, 0.5) is 0 Å². The summed E-state index contributed by atoms with van der Waals surface area (Å²) >= 11 is 11.6. The first-order valence-electron chi connectivity index (χ1n) is 6.89. The quantitative estimate of drug-likeness (QED) is 0.759. The van der Waals surface area contributed by atoms with Crippen LogP contribution >= 0.6 is 38.9 Å². The zero-order chi connectivity index (χ0) is 15.6. The molecular weight excluding hydrogens is 368 g/mol. The fourth-order valence-corrected chi connectivity index (χ4v) is 4.58. The molecular formula is C16H20BrClN2S. The Labute approximate surface area is 144 Å². The van der Waals surface area contributed by atoms with E-state index in [9.17, 15) is 0 Å². The van der Waals surface area contributed by atoms with Gasteiger partial charge >= 0.3 is 0 Å². The molecule has 0 fully saturated rings. The maximum Gasteiger partial charge on any atom is 0.0702 e. The molecule has 1 heterocycles. The lowest BCUT2D eigenvalue weighted by Gasteiger charge is -2.35. The van der Waals surface area contributed by atoms with Crippen molar-refractivity contribution < 1.29 is 0 Å². The third-order valence-corrected chi connectivity index (χ3v) is 5.83. The third-order valence-electron chi connectivity index (χ3n) is 3.79. The molecule has 0 aliphatic carbocycles. The van der Waals surface area contributed by atoms with Crippen LogP contribution in [0.25, 0.3) is 0 Å². The minimum atomic E-state index is 0.0329. The molecule has 0 saturated carbocycles. The largest absolute Gasteiger partial charge is 0.326 e. The number of nitrogens with zero attached hydrogens (tertiary/aromatic N) is 1. The predicted molar refractivity (Wildman–Crippen MR) is 96.0 cm³/mol. The van der Waals surface area contributed by atoms with Crippen LogP contribution in [0, 0.1) is 0 Å². The minimum absolute atomic E-state index is 0.0329. The van der Waals surface area contributed by atoms with E-state index in [-0.39, 0.29) is 18.1 Å². The first kappa shape index (κ1) is 17.0. The van der Waals surface area contributed by atoms with Gasteiger partial charge in [0.25, 0.3) is 0 Å². The number of nitrogens with two attached hydrogens (primary N) is 1. The van der Waals surface area contributed by atoms with E-state index >= 15 is 0 Å². The highest BCUT2D eigenvalue weighted by molar-refractivity contribution is 9.11. The molecule has 2 nitrogen and oxygen atoms in total. The molecule has 3 unspecified atom stereocenters. The van der Waals surface area contributed by atoms with Crippen molar-refractivity contribution >= 4 is 38.9 Å². The van der Waals surface area contributed by atoms with Crippen LogP contribution in [0.3, 0.4) is 0 Å². The smallest absolute Gasteiger partial charge is 0.0702 e. The molecule has 0 bridgehead atoms. The Hall–Kier alpha value is -0.390. The number of halogens is 2. The SMILES string of the molecule is CC(N)C(c1ccc(Br)s1)N(C)C(C)c1ccccc1Cl. The summed E-state index contributed by atoms with van der Waals surface area (Å²) in [5.41, 5.74) is 7.38. The zero-order valence-corrected chi connectivity index (χ0v) is 15.5. The minimum Gasteiger partial charge on any atom is -0.326 e. The molecule has 3 atom stereocenters. The topological polar surface area (TPSA) is 29.3 Å². The van der Waals surface area contributed by atoms with Gasteiger partial charge in [-0.1, -0.05) is 29.8 Å². The molecule has 0 spiro atoms. The van der Waals surface area contributed by atoms with Gasteiger partial charge in [-0.15, -0.1) is 11.3 Å². The Morgan fingerprint density at radius 3 is 2.38 bits per heavy atom. The summed E-state index contributed by atoms with van der Waals surface area (Å²) in [6.07, 6.45) is 0. The second-order valence-corrected chi connectivity index (χ2v) is 8.21. The molecule has 2 aromatic rings. The lowest BCUT2D eigenvalue weighted by atomic mass is 10.0. The number of thiophene rings is 1. The standard InChI is InChI=1S/C16H20BrClN2S/c1-10(19)16(14-8-9-15(17)21-14)20(3)11(2)12-6-4-5-7-13(12)18/h4-11,16H,19H2,1-3H3. The normalized spacial score (nSPS) is 16.0. The van der Waals surface area contributed by atoms with Crippen molar-refractivity contribution in [1.82, 2.24) is 4.90 Å². The predicted octanol–water partition coefficient (Wildman–Crippen LogP) is 5.25. The van der Waals surface area contributed by atoms with Crippen LogP contribution in [0.1, 0.15) is 36.4 Å². The van der Waals surface area contributed by atoms with Crippen molar-refractivity contribution in [3.63, 3.8) is 0 Å². The van der Waals surface area contributed by atoms with Crippen LogP contribution in [0.5, 0.6) is 0 Å². The average molecular weight is 388 g/mol. The van der Waals surface area contributed by atoms with Gasteiger partial charge in [0.05, 0.1) is 9.83 Å². The van der Waals surface area contributed by atoms with Crippen LogP contribution in [-0.2, 0) is 0 Å². The summed E-state index contributed by atoms with van der Waals surface area (Å²) in [6.45, 7) is 4.22. The number of benzene rings is 1. The summed E-state index contributed by atoms with van der Waals surface area (Å²) in [4.78, 5) is 3.56. The van der Waals surface area contributed by atoms with E-state index in [1.165, 1.54) is 4.88 Å². The summed E-state index contributed by atoms with van der Waals surface area (Å²) < 4.78 is 1.13. The van der Waals surface area contributed by atoms with E-state index < -0.39 is 0 Å². The van der Waals surface area contributed by atoms with Crippen molar-refractivity contribution in [2.45, 2.75) is 32.0 Å². The highest BCUT2D eigenvalue weighted by atomic mass is 79.9. The van der Waals surface area contributed by atoms with Crippen LogP contribution in [-0.4, -0.2) is 18.0 Å². The van der Waals surface area contributed by atoms with Crippen LogP contribution in [0.15, 0.2) is 40.2 Å². The zero-order valence-electron chi connectivity index (χ0n) is 12.4. The molecule has 1 aromatic heterocycles.